The maximum absolute atomic E-state index is 10.9. The molecule has 19 heavy (non-hydrogen) atoms. The van der Waals surface area contributed by atoms with Crippen molar-refractivity contribution < 1.29 is 4.92 Å². The van der Waals surface area contributed by atoms with Gasteiger partial charge in [-0.2, -0.15) is 0 Å². The van der Waals surface area contributed by atoms with E-state index in [4.69, 9.17) is 0 Å². The molecule has 0 aliphatic rings. The van der Waals surface area contributed by atoms with Crippen LogP contribution >= 0.6 is 43.2 Å². The highest BCUT2D eigenvalue weighted by molar-refractivity contribution is 9.11. The van der Waals surface area contributed by atoms with Crippen LogP contribution in [0.15, 0.2) is 38.6 Å². The Morgan fingerprint density at radius 1 is 1.26 bits per heavy atom. The zero-order valence-electron chi connectivity index (χ0n) is 9.73. The standard InChI is InChI=1S/C12H10Br2N2O2S/c13-8-1-3-11(16(17)18)10(7-8)15-6-5-9-2-4-12(14)19-9/h1-4,7,15H,5-6H2. The van der Waals surface area contributed by atoms with Crippen LogP contribution in [-0.4, -0.2) is 11.5 Å². The van der Waals surface area contributed by atoms with Crippen LogP contribution in [-0.2, 0) is 6.42 Å². The zero-order valence-corrected chi connectivity index (χ0v) is 13.7. The molecule has 0 aliphatic carbocycles. The number of nitro groups is 1. The molecule has 2 aromatic rings. The number of nitrogens with one attached hydrogen (secondary N) is 1. The molecule has 2 rings (SSSR count). The number of nitro benzene ring substituents is 1. The van der Waals surface area contributed by atoms with Crippen molar-refractivity contribution in [1.82, 2.24) is 0 Å². The summed E-state index contributed by atoms with van der Waals surface area (Å²) in [6, 6.07) is 8.93. The van der Waals surface area contributed by atoms with Crippen LogP contribution in [0.5, 0.6) is 0 Å². The van der Waals surface area contributed by atoms with Gasteiger partial charge in [0.15, 0.2) is 0 Å². The molecule has 1 heterocycles. The molecule has 0 radical (unpaired) electrons. The molecule has 0 aliphatic heterocycles. The third-order valence-electron chi connectivity index (χ3n) is 2.47. The van der Waals surface area contributed by atoms with E-state index in [-0.39, 0.29) is 10.6 Å². The molecule has 4 nitrogen and oxygen atoms in total. The summed E-state index contributed by atoms with van der Waals surface area (Å²) >= 11 is 8.40. The van der Waals surface area contributed by atoms with E-state index in [0.29, 0.717) is 12.2 Å². The first-order chi connectivity index (χ1) is 9.06. The molecule has 0 atom stereocenters. The normalized spacial score (nSPS) is 10.4. The van der Waals surface area contributed by atoms with Gasteiger partial charge >= 0.3 is 0 Å². The predicted molar refractivity (Wildman–Crippen MR) is 85.0 cm³/mol. The Hall–Kier alpha value is -0.920. The number of nitrogens with zero attached hydrogens (tertiary/aromatic N) is 1. The highest BCUT2D eigenvalue weighted by Crippen LogP contribution is 2.28. The average molecular weight is 406 g/mol. The van der Waals surface area contributed by atoms with Crippen LogP contribution in [0.2, 0.25) is 0 Å². The minimum absolute atomic E-state index is 0.0931. The van der Waals surface area contributed by atoms with Crippen molar-refractivity contribution in [2.75, 3.05) is 11.9 Å². The minimum Gasteiger partial charge on any atom is -0.379 e. The van der Waals surface area contributed by atoms with Crippen molar-refractivity contribution >= 4 is 54.6 Å². The number of thiophene rings is 1. The first kappa shape index (κ1) is 14.5. The summed E-state index contributed by atoms with van der Waals surface area (Å²) in [6.07, 6.45) is 0.833. The van der Waals surface area contributed by atoms with Crippen molar-refractivity contribution in [2.45, 2.75) is 6.42 Å². The molecule has 1 aromatic heterocycles. The fourth-order valence-corrected chi connectivity index (χ4v) is 3.46. The van der Waals surface area contributed by atoms with Gasteiger partial charge in [-0.1, -0.05) is 15.9 Å². The second-order valence-corrected chi connectivity index (χ2v) is 7.26. The lowest BCUT2D eigenvalue weighted by atomic mass is 10.2. The van der Waals surface area contributed by atoms with Crippen molar-refractivity contribution in [2.24, 2.45) is 0 Å². The number of halogens is 2. The molecule has 1 N–H and O–H groups in total. The molecule has 0 amide bonds. The van der Waals surface area contributed by atoms with E-state index in [1.807, 2.05) is 12.1 Å². The smallest absolute Gasteiger partial charge is 0.292 e. The monoisotopic (exact) mass is 404 g/mol. The lowest BCUT2D eigenvalue weighted by Gasteiger charge is -2.06. The van der Waals surface area contributed by atoms with E-state index >= 15 is 0 Å². The Morgan fingerprint density at radius 2 is 2.05 bits per heavy atom. The number of anilines is 1. The van der Waals surface area contributed by atoms with E-state index in [1.165, 1.54) is 10.9 Å². The van der Waals surface area contributed by atoms with Crippen LogP contribution in [0.4, 0.5) is 11.4 Å². The lowest BCUT2D eigenvalue weighted by Crippen LogP contribution is -2.06. The summed E-state index contributed by atoms with van der Waals surface area (Å²) in [5.74, 6) is 0. The molecular weight excluding hydrogens is 396 g/mol. The SMILES string of the molecule is O=[N+]([O-])c1ccc(Br)cc1NCCc1ccc(Br)s1. The fraction of sp³-hybridized carbons (Fsp3) is 0.167. The van der Waals surface area contributed by atoms with Crippen molar-refractivity contribution in [3.63, 3.8) is 0 Å². The van der Waals surface area contributed by atoms with E-state index < -0.39 is 0 Å². The highest BCUT2D eigenvalue weighted by Gasteiger charge is 2.13. The number of benzene rings is 1. The van der Waals surface area contributed by atoms with Crippen molar-refractivity contribution in [3.05, 3.63) is 53.6 Å². The Bertz CT molecular complexity index is 601. The van der Waals surface area contributed by atoms with Crippen LogP contribution in [0, 0.1) is 10.1 Å². The second kappa shape index (κ2) is 6.49. The number of hydrogen-bond acceptors (Lipinski definition) is 4. The predicted octanol–water partition coefficient (Wildman–Crippen LogP) is 4.84. The molecule has 0 fully saturated rings. The van der Waals surface area contributed by atoms with Gasteiger partial charge in [-0.25, -0.2) is 0 Å². The fourth-order valence-electron chi connectivity index (χ4n) is 1.62. The molecule has 0 saturated carbocycles. The van der Waals surface area contributed by atoms with Crippen molar-refractivity contribution in [1.29, 1.82) is 0 Å². The van der Waals surface area contributed by atoms with Gasteiger partial charge in [-0.15, -0.1) is 11.3 Å². The summed E-state index contributed by atoms with van der Waals surface area (Å²) in [7, 11) is 0. The summed E-state index contributed by atoms with van der Waals surface area (Å²) in [5, 5.41) is 14.0. The zero-order chi connectivity index (χ0) is 13.8. The summed E-state index contributed by atoms with van der Waals surface area (Å²) < 4.78 is 1.91. The van der Waals surface area contributed by atoms with Gasteiger partial charge in [0.2, 0.25) is 0 Å². The van der Waals surface area contributed by atoms with Gasteiger partial charge < -0.3 is 5.32 Å². The maximum atomic E-state index is 10.9. The Kier molecular flexibility index (Phi) is 4.95. The third kappa shape index (κ3) is 4.02. The van der Waals surface area contributed by atoms with Gasteiger partial charge in [0, 0.05) is 22.0 Å². The molecule has 0 spiro atoms. The van der Waals surface area contributed by atoms with E-state index in [1.54, 1.807) is 23.5 Å². The molecule has 1 aromatic carbocycles. The molecular formula is C12H10Br2N2O2S. The van der Waals surface area contributed by atoms with E-state index in [9.17, 15) is 10.1 Å². The molecule has 7 heteroatoms. The van der Waals surface area contributed by atoms with Crippen LogP contribution < -0.4 is 5.32 Å². The summed E-state index contributed by atoms with van der Waals surface area (Å²) in [4.78, 5) is 11.8. The van der Waals surface area contributed by atoms with Gasteiger partial charge in [-0.05, 0) is 46.6 Å². The lowest BCUT2D eigenvalue weighted by molar-refractivity contribution is -0.384. The largest absolute Gasteiger partial charge is 0.379 e. The van der Waals surface area contributed by atoms with Gasteiger partial charge in [-0.3, -0.25) is 10.1 Å². The Morgan fingerprint density at radius 3 is 2.68 bits per heavy atom. The van der Waals surface area contributed by atoms with E-state index in [0.717, 1.165) is 14.7 Å². The second-order valence-electron chi connectivity index (χ2n) is 3.80. The van der Waals surface area contributed by atoms with Crippen molar-refractivity contribution in [3.8, 4) is 0 Å². The van der Waals surface area contributed by atoms with Crippen LogP contribution in [0.1, 0.15) is 4.88 Å². The first-order valence-electron chi connectivity index (χ1n) is 5.48. The Balaban J connectivity index is 2.02. The van der Waals surface area contributed by atoms with Gasteiger partial charge in [0.05, 0.1) is 8.71 Å². The quantitative estimate of drug-likeness (QED) is 0.572. The molecule has 0 bridgehead atoms. The number of rotatable bonds is 5. The van der Waals surface area contributed by atoms with Gasteiger partial charge in [0.25, 0.3) is 5.69 Å². The van der Waals surface area contributed by atoms with E-state index in [2.05, 4.69) is 37.2 Å². The first-order valence-corrected chi connectivity index (χ1v) is 7.88. The topological polar surface area (TPSA) is 55.2 Å². The van der Waals surface area contributed by atoms with Gasteiger partial charge in [0.1, 0.15) is 5.69 Å². The Labute approximate surface area is 131 Å². The maximum Gasteiger partial charge on any atom is 0.292 e. The molecule has 0 saturated heterocycles. The average Bonchev–Trinajstić information content (AvgIpc) is 2.75. The molecule has 100 valence electrons. The third-order valence-corrected chi connectivity index (χ3v) is 4.65. The summed E-state index contributed by atoms with van der Waals surface area (Å²) in [5.41, 5.74) is 0.630. The van der Waals surface area contributed by atoms with Crippen LogP contribution in [0.3, 0.4) is 0 Å². The number of hydrogen-bond donors (Lipinski definition) is 1. The highest BCUT2D eigenvalue weighted by atomic mass is 79.9. The summed E-state index contributed by atoms with van der Waals surface area (Å²) in [6.45, 7) is 0.657. The van der Waals surface area contributed by atoms with Crippen LogP contribution in [0.25, 0.3) is 0 Å². The minimum atomic E-state index is -0.378. The molecule has 0 unspecified atom stereocenters.